The van der Waals surface area contributed by atoms with E-state index in [4.69, 9.17) is 10.5 Å². The van der Waals surface area contributed by atoms with Gasteiger partial charge in [-0.15, -0.1) is 0 Å². The Hall–Kier alpha value is -2.24. The Labute approximate surface area is 98.1 Å². The van der Waals surface area contributed by atoms with Gasteiger partial charge in [-0.05, 0) is 12.1 Å². The number of nitrogens with one attached hydrogen (secondary N) is 1. The van der Waals surface area contributed by atoms with Gasteiger partial charge in [0.05, 0.1) is 24.7 Å². The number of imidazole rings is 1. The lowest BCUT2D eigenvalue weighted by Gasteiger charge is -2.06. The number of anilines is 1. The molecular weight excluding hydrogens is 218 g/mol. The fraction of sp³-hybridized carbons (Fsp3) is 0.273. The summed E-state index contributed by atoms with van der Waals surface area (Å²) in [6.07, 6.45) is 0. The second-order valence-corrected chi connectivity index (χ2v) is 3.79. The van der Waals surface area contributed by atoms with Crippen LogP contribution in [0.1, 0.15) is 0 Å². The number of nitrogen functional groups attached to an aromatic ring is 1. The molecule has 6 nitrogen and oxygen atoms in total. The maximum atomic E-state index is 5.91. The molecule has 0 bridgehead atoms. The van der Waals surface area contributed by atoms with Gasteiger partial charge >= 0.3 is 0 Å². The van der Waals surface area contributed by atoms with Gasteiger partial charge in [-0.3, -0.25) is 4.99 Å². The molecule has 0 saturated heterocycles. The van der Waals surface area contributed by atoms with Crippen molar-refractivity contribution < 1.29 is 4.74 Å². The Morgan fingerprint density at radius 1 is 1.47 bits per heavy atom. The summed E-state index contributed by atoms with van der Waals surface area (Å²) in [5.41, 5.74) is 7.65. The smallest absolute Gasteiger partial charge is 0.208 e. The number of aliphatic imine (C=N–C) groups is 1. The van der Waals surface area contributed by atoms with Gasteiger partial charge in [-0.25, -0.2) is 9.55 Å². The number of hydrogen-bond acceptors (Lipinski definition) is 5. The molecule has 0 aliphatic carbocycles. The van der Waals surface area contributed by atoms with Gasteiger partial charge in [0.25, 0.3) is 0 Å². The van der Waals surface area contributed by atoms with Crippen LogP contribution in [0, 0.1) is 0 Å². The average molecular weight is 231 g/mol. The van der Waals surface area contributed by atoms with Crippen molar-refractivity contribution in [3.05, 3.63) is 18.2 Å². The third-order valence-electron chi connectivity index (χ3n) is 2.76. The highest BCUT2D eigenvalue weighted by Gasteiger charge is 2.15. The molecule has 88 valence electrons. The first-order valence-electron chi connectivity index (χ1n) is 5.40. The molecule has 2 heterocycles. The van der Waals surface area contributed by atoms with Crippen molar-refractivity contribution in [2.45, 2.75) is 0 Å². The molecule has 0 radical (unpaired) electrons. The number of hydrogen-bond donors (Lipinski definition) is 2. The maximum Gasteiger partial charge on any atom is 0.208 e. The van der Waals surface area contributed by atoms with Crippen molar-refractivity contribution in [2.75, 3.05) is 25.9 Å². The van der Waals surface area contributed by atoms with E-state index in [0.29, 0.717) is 5.95 Å². The summed E-state index contributed by atoms with van der Waals surface area (Å²) in [6, 6.07) is 5.67. The third-order valence-corrected chi connectivity index (χ3v) is 2.76. The predicted octanol–water partition coefficient (Wildman–Crippen LogP) is 0.434. The van der Waals surface area contributed by atoms with Crippen LogP contribution in [0.5, 0.6) is 5.75 Å². The number of rotatable bonds is 1. The molecule has 3 N–H and O–H groups in total. The molecule has 0 spiro atoms. The van der Waals surface area contributed by atoms with Crippen molar-refractivity contribution in [1.29, 1.82) is 0 Å². The van der Waals surface area contributed by atoms with Crippen LogP contribution in [0.3, 0.4) is 0 Å². The molecule has 0 fully saturated rings. The molecule has 0 unspecified atom stereocenters. The van der Waals surface area contributed by atoms with Gasteiger partial charge in [0.1, 0.15) is 5.75 Å². The Bertz CT molecular complexity index is 601. The minimum absolute atomic E-state index is 0.432. The summed E-state index contributed by atoms with van der Waals surface area (Å²) >= 11 is 0. The molecule has 17 heavy (non-hydrogen) atoms. The SMILES string of the molecule is COc1ccc2c(c1)nc(N)n2C1=NCCN1. The minimum atomic E-state index is 0.432. The van der Waals surface area contributed by atoms with Gasteiger partial charge in [-0.2, -0.15) is 0 Å². The molecule has 3 rings (SSSR count). The molecular formula is C11H13N5O. The molecule has 2 aromatic rings. The Balaban J connectivity index is 2.21. The van der Waals surface area contributed by atoms with Crippen LogP contribution in [0.4, 0.5) is 5.95 Å². The summed E-state index contributed by atoms with van der Waals surface area (Å²) < 4.78 is 6.98. The van der Waals surface area contributed by atoms with Crippen LogP contribution in [0.15, 0.2) is 23.2 Å². The molecule has 0 amide bonds. The monoisotopic (exact) mass is 231 g/mol. The molecule has 1 aromatic heterocycles. The number of nitrogens with two attached hydrogens (primary N) is 1. The van der Waals surface area contributed by atoms with Crippen LogP contribution in [-0.4, -0.2) is 35.7 Å². The highest BCUT2D eigenvalue weighted by molar-refractivity contribution is 5.96. The van der Waals surface area contributed by atoms with E-state index in [2.05, 4.69) is 15.3 Å². The lowest BCUT2D eigenvalue weighted by molar-refractivity contribution is 0.415. The number of ether oxygens (including phenoxy) is 1. The van der Waals surface area contributed by atoms with Crippen molar-refractivity contribution in [1.82, 2.24) is 14.9 Å². The quantitative estimate of drug-likeness (QED) is 0.746. The summed E-state index contributed by atoms with van der Waals surface area (Å²) in [5.74, 6) is 1.96. The van der Waals surface area contributed by atoms with Crippen LogP contribution in [0.25, 0.3) is 11.0 Å². The zero-order valence-electron chi connectivity index (χ0n) is 9.47. The van der Waals surface area contributed by atoms with Crippen molar-refractivity contribution in [2.24, 2.45) is 4.99 Å². The predicted molar refractivity (Wildman–Crippen MR) is 66.4 cm³/mol. The van der Waals surface area contributed by atoms with E-state index in [1.165, 1.54) is 0 Å². The highest BCUT2D eigenvalue weighted by Crippen LogP contribution is 2.22. The number of nitrogens with zero attached hydrogens (tertiary/aromatic N) is 3. The first-order chi connectivity index (χ1) is 8.29. The first kappa shape index (κ1) is 9.95. The molecule has 1 aliphatic rings. The fourth-order valence-electron chi connectivity index (χ4n) is 1.96. The van der Waals surface area contributed by atoms with Crippen molar-refractivity contribution in [3.63, 3.8) is 0 Å². The number of aromatic nitrogens is 2. The van der Waals surface area contributed by atoms with E-state index >= 15 is 0 Å². The zero-order chi connectivity index (χ0) is 11.8. The van der Waals surface area contributed by atoms with Gasteiger partial charge in [0.2, 0.25) is 11.9 Å². The highest BCUT2D eigenvalue weighted by atomic mass is 16.5. The van der Waals surface area contributed by atoms with Crippen molar-refractivity contribution in [3.8, 4) is 5.75 Å². The van der Waals surface area contributed by atoms with Gasteiger partial charge < -0.3 is 15.8 Å². The van der Waals surface area contributed by atoms with Crippen LogP contribution in [-0.2, 0) is 0 Å². The summed E-state index contributed by atoms with van der Waals surface area (Å²) in [4.78, 5) is 8.66. The van der Waals surface area contributed by atoms with Crippen LogP contribution >= 0.6 is 0 Å². The first-order valence-corrected chi connectivity index (χ1v) is 5.40. The van der Waals surface area contributed by atoms with E-state index in [-0.39, 0.29) is 0 Å². The summed E-state index contributed by atoms with van der Waals surface area (Å²) in [6.45, 7) is 1.61. The Kier molecular flexibility index (Phi) is 2.14. The molecule has 0 saturated carbocycles. The van der Waals surface area contributed by atoms with Crippen LogP contribution in [0.2, 0.25) is 0 Å². The zero-order valence-corrected chi connectivity index (χ0v) is 9.47. The largest absolute Gasteiger partial charge is 0.497 e. The average Bonchev–Trinajstić information content (AvgIpc) is 2.93. The lowest BCUT2D eigenvalue weighted by atomic mass is 10.3. The summed E-state index contributed by atoms with van der Waals surface area (Å²) in [5, 5.41) is 3.18. The van der Waals surface area contributed by atoms with E-state index in [0.717, 1.165) is 35.8 Å². The molecule has 0 atom stereocenters. The number of benzene rings is 1. The van der Waals surface area contributed by atoms with E-state index in [9.17, 15) is 0 Å². The minimum Gasteiger partial charge on any atom is -0.497 e. The Morgan fingerprint density at radius 2 is 2.35 bits per heavy atom. The lowest BCUT2D eigenvalue weighted by Crippen LogP contribution is -2.27. The van der Waals surface area contributed by atoms with Gasteiger partial charge in [0, 0.05) is 12.6 Å². The fourth-order valence-corrected chi connectivity index (χ4v) is 1.96. The molecule has 6 heteroatoms. The molecule has 1 aromatic carbocycles. The standard InChI is InChI=1S/C11H13N5O/c1-17-7-2-3-9-8(6-7)15-10(12)16(9)11-13-4-5-14-11/h2-3,6H,4-5H2,1H3,(H2,12,15)(H,13,14). The maximum absolute atomic E-state index is 5.91. The number of methoxy groups -OCH3 is 1. The molecule has 1 aliphatic heterocycles. The van der Waals surface area contributed by atoms with E-state index in [1.807, 2.05) is 22.8 Å². The van der Waals surface area contributed by atoms with Gasteiger partial charge in [-0.1, -0.05) is 0 Å². The number of fused-ring (bicyclic) bond motifs is 1. The van der Waals surface area contributed by atoms with E-state index < -0.39 is 0 Å². The normalized spacial score (nSPS) is 14.8. The Morgan fingerprint density at radius 3 is 3.06 bits per heavy atom. The van der Waals surface area contributed by atoms with Crippen molar-refractivity contribution >= 4 is 22.9 Å². The van der Waals surface area contributed by atoms with Crippen LogP contribution < -0.4 is 15.8 Å². The topological polar surface area (TPSA) is 77.5 Å². The third kappa shape index (κ3) is 1.49. The van der Waals surface area contributed by atoms with E-state index in [1.54, 1.807) is 7.11 Å². The van der Waals surface area contributed by atoms with Gasteiger partial charge in [0.15, 0.2) is 0 Å². The summed E-state index contributed by atoms with van der Waals surface area (Å²) in [7, 11) is 1.63. The second kappa shape index (κ2) is 3.65. The second-order valence-electron chi connectivity index (χ2n) is 3.79.